The van der Waals surface area contributed by atoms with Gasteiger partial charge in [-0.15, -0.1) is 0 Å². The van der Waals surface area contributed by atoms with E-state index in [0.29, 0.717) is 5.56 Å². The van der Waals surface area contributed by atoms with Crippen molar-refractivity contribution in [2.75, 3.05) is 6.61 Å². The number of ether oxygens (including phenoxy) is 2. The number of carbonyl (C=O) groups excluding carboxylic acids is 1. The second kappa shape index (κ2) is 8.57. The Morgan fingerprint density at radius 3 is 2.37 bits per heavy atom. The molecule has 0 saturated carbocycles. The first-order chi connectivity index (χ1) is 9.13. The molecule has 0 heterocycles. The zero-order valence-corrected chi connectivity index (χ0v) is 12.1. The second-order valence-electron chi connectivity index (χ2n) is 4.89. The number of rotatable bonds is 8. The van der Waals surface area contributed by atoms with Crippen molar-refractivity contribution in [3.63, 3.8) is 0 Å². The van der Waals surface area contributed by atoms with Gasteiger partial charge in [0.1, 0.15) is 5.75 Å². The fraction of sp³-hybridized carbons (Fsp3) is 0.562. The molecule has 0 radical (unpaired) electrons. The van der Waals surface area contributed by atoms with Crippen LogP contribution in [0.2, 0.25) is 0 Å². The number of hydrogen-bond donors (Lipinski definition) is 0. The molecule has 0 atom stereocenters. The van der Waals surface area contributed by atoms with Crippen molar-refractivity contribution in [3.8, 4) is 5.75 Å². The minimum atomic E-state index is -0.288. The van der Waals surface area contributed by atoms with Crippen LogP contribution in [0.15, 0.2) is 24.3 Å². The van der Waals surface area contributed by atoms with Gasteiger partial charge < -0.3 is 9.47 Å². The average molecular weight is 264 g/mol. The molecule has 19 heavy (non-hydrogen) atoms. The van der Waals surface area contributed by atoms with Crippen LogP contribution in [0, 0.1) is 0 Å². The molecule has 0 unspecified atom stereocenters. The lowest BCUT2D eigenvalue weighted by Crippen LogP contribution is -2.11. The summed E-state index contributed by atoms with van der Waals surface area (Å²) in [4.78, 5) is 11.6. The molecular formula is C16H24O3. The van der Waals surface area contributed by atoms with Crippen molar-refractivity contribution in [3.05, 3.63) is 29.8 Å². The van der Waals surface area contributed by atoms with Crippen LogP contribution in [-0.2, 0) is 4.74 Å². The first kappa shape index (κ1) is 15.5. The van der Waals surface area contributed by atoms with E-state index in [1.54, 1.807) is 12.1 Å². The van der Waals surface area contributed by atoms with Gasteiger partial charge in [0.15, 0.2) is 0 Å². The van der Waals surface area contributed by atoms with Crippen molar-refractivity contribution < 1.29 is 14.3 Å². The highest BCUT2D eigenvalue weighted by molar-refractivity contribution is 5.89. The van der Waals surface area contributed by atoms with E-state index in [2.05, 4.69) is 6.92 Å². The lowest BCUT2D eigenvalue weighted by atomic mass is 10.2. The van der Waals surface area contributed by atoms with Gasteiger partial charge in [0.05, 0.1) is 18.3 Å². The van der Waals surface area contributed by atoms with E-state index in [4.69, 9.17) is 9.47 Å². The summed E-state index contributed by atoms with van der Waals surface area (Å²) in [5.41, 5.74) is 0.562. The smallest absolute Gasteiger partial charge is 0.338 e. The van der Waals surface area contributed by atoms with Crippen molar-refractivity contribution in [2.24, 2.45) is 0 Å². The Morgan fingerprint density at radius 1 is 1.11 bits per heavy atom. The number of carbonyl (C=O) groups is 1. The van der Waals surface area contributed by atoms with E-state index in [0.717, 1.165) is 18.8 Å². The van der Waals surface area contributed by atoms with Gasteiger partial charge in [0.25, 0.3) is 0 Å². The fourth-order valence-corrected chi connectivity index (χ4v) is 1.69. The predicted molar refractivity (Wildman–Crippen MR) is 76.6 cm³/mol. The summed E-state index contributed by atoms with van der Waals surface area (Å²) in [7, 11) is 0. The average Bonchev–Trinajstić information content (AvgIpc) is 2.38. The van der Waals surface area contributed by atoms with E-state index >= 15 is 0 Å². The Kier molecular flexibility index (Phi) is 7.01. The largest absolute Gasteiger partial charge is 0.494 e. The van der Waals surface area contributed by atoms with Crippen LogP contribution in [0.3, 0.4) is 0 Å². The minimum Gasteiger partial charge on any atom is -0.494 e. The molecule has 3 nitrogen and oxygen atoms in total. The van der Waals surface area contributed by atoms with Crippen molar-refractivity contribution in [2.45, 2.75) is 52.6 Å². The lowest BCUT2D eigenvalue weighted by Gasteiger charge is -2.09. The van der Waals surface area contributed by atoms with E-state index in [1.165, 1.54) is 19.3 Å². The summed E-state index contributed by atoms with van der Waals surface area (Å²) in [5, 5.41) is 0. The van der Waals surface area contributed by atoms with Gasteiger partial charge in [-0.2, -0.15) is 0 Å². The molecule has 0 N–H and O–H groups in total. The molecule has 1 aromatic carbocycles. The maximum atomic E-state index is 11.6. The van der Waals surface area contributed by atoms with E-state index in [-0.39, 0.29) is 12.1 Å². The summed E-state index contributed by atoms with van der Waals surface area (Å²) in [6.07, 6.45) is 4.66. The van der Waals surface area contributed by atoms with Crippen molar-refractivity contribution in [1.29, 1.82) is 0 Å². The molecule has 0 amide bonds. The molecular weight excluding hydrogens is 240 g/mol. The monoisotopic (exact) mass is 264 g/mol. The molecule has 0 fully saturated rings. The quantitative estimate of drug-likeness (QED) is 0.521. The van der Waals surface area contributed by atoms with Crippen LogP contribution in [0.25, 0.3) is 0 Å². The third-order valence-electron chi connectivity index (χ3n) is 2.70. The van der Waals surface area contributed by atoms with Crippen molar-refractivity contribution in [1.82, 2.24) is 0 Å². The highest BCUT2D eigenvalue weighted by Crippen LogP contribution is 2.14. The minimum absolute atomic E-state index is 0.0954. The maximum Gasteiger partial charge on any atom is 0.338 e. The number of hydrogen-bond acceptors (Lipinski definition) is 3. The Labute approximate surface area is 115 Å². The van der Waals surface area contributed by atoms with Gasteiger partial charge in [-0.3, -0.25) is 0 Å². The zero-order chi connectivity index (χ0) is 14.1. The molecule has 1 rings (SSSR count). The normalized spacial score (nSPS) is 10.5. The molecule has 0 spiro atoms. The number of unbranched alkanes of at least 4 members (excludes halogenated alkanes) is 3. The molecule has 0 aromatic heterocycles. The molecule has 106 valence electrons. The first-order valence-electron chi connectivity index (χ1n) is 7.07. The van der Waals surface area contributed by atoms with Crippen LogP contribution < -0.4 is 4.74 Å². The summed E-state index contributed by atoms with van der Waals surface area (Å²) in [6.45, 7) is 6.60. The predicted octanol–water partition coefficient (Wildman–Crippen LogP) is 4.21. The summed E-state index contributed by atoms with van der Waals surface area (Å²) in [6, 6.07) is 7.12. The Bertz CT molecular complexity index is 368. The molecule has 1 aromatic rings. The Hall–Kier alpha value is -1.51. The van der Waals surface area contributed by atoms with Gasteiger partial charge in [0.2, 0.25) is 0 Å². The molecule has 0 aliphatic carbocycles. The lowest BCUT2D eigenvalue weighted by molar-refractivity contribution is 0.0378. The molecule has 0 bridgehead atoms. The van der Waals surface area contributed by atoms with Crippen LogP contribution in [0.4, 0.5) is 0 Å². The molecule has 0 aliphatic rings. The number of esters is 1. The van der Waals surface area contributed by atoms with Gasteiger partial charge >= 0.3 is 5.97 Å². The van der Waals surface area contributed by atoms with Gasteiger partial charge in [0, 0.05) is 0 Å². The summed E-state index contributed by atoms with van der Waals surface area (Å²) < 4.78 is 10.7. The van der Waals surface area contributed by atoms with E-state index < -0.39 is 0 Å². The van der Waals surface area contributed by atoms with Crippen LogP contribution in [0.1, 0.15) is 56.8 Å². The fourth-order valence-electron chi connectivity index (χ4n) is 1.69. The topological polar surface area (TPSA) is 35.5 Å². The Balaban J connectivity index is 2.37. The Morgan fingerprint density at radius 2 is 1.79 bits per heavy atom. The third-order valence-corrected chi connectivity index (χ3v) is 2.70. The summed E-state index contributed by atoms with van der Waals surface area (Å²) in [5.74, 6) is 0.516. The first-order valence-corrected chi connectivity index (χ1v) is 7.07. The molecule has 0 saturated heterocycles. The second-order valence-corrected chi connectivity index (χ2v) is 4.89. The van der Waals surface area contributed by atoms with Crippen LogP contribution in [0.5, 0.6) is 5.75 Å². The standard InChI is InChI=1S/C16H24O3/c1-4-5-6-7-12-18-15-10-8-14(9-11-15)16(17)19-13(2)3/h8-11,13H,4-7,12H2,1-3H3. The van der Waals surface area contributed by atoms with Crippen LogP contribution >= 0.6 is 0 Å². The van der Waals surface area contributed by atoms with E-state index in [9.17, 15) is 4.79 Å². The van der Waals surface area contributed by atoms with Gasteiger partial charge in [-0.1, -0.05) is 26.2 Å². The van der Waals surface area contributed by atoms with Gasteiger partial charge in [-0.25, -0.2) is 4.79 Å². The highest BCUT2D eigenvalue weighted by atomic mass is 16.5. The third kappa shape index (κ3) is 6.27. The van der Waals surface area contributed by atoms with Crippen molar-refractivity contribution >= 4 is 5.97 Å². The molecule has 3 heteroatoms. The zero-order valence-electron chi connectivity index (χ0n) is 12.1. The SMILES string of the molecule is CCCCCCOc1ccc(C(=O)OC(C)C)cc1. The maximum absolute atomic E-state index is 11.6. The van der Waals surface area contributed by atoms with Gasteiger partial charge in [-0.05, 0) is 44.5 Å². The highest BCUT2D eigenvalue weighted by Gasteiger charge is 2.08. The molecule has 0 aliphatic heterocycles. The number of benzene rings is 1. The van der Waals surface area contributed by atoms with Crippen LogP contribution in [-0.4, -0.2) is 18.7 Å². The summed E-state index contributed by atoms with van der Waals surface area (Å²) >= 11 is 0. The van der Waals surface area contributed by atoms with E-state index in [1.807, 2.05) is 26.0 Å².